The zero-order chi connectivity index (χ0) is 12.7. The lowest BCUT2D eigenvalue weighted by Crippen LogP contribution is -2.25. The molecule has 0 heterocycles. The van der Waals surface area contributed by atoms with Crippen molar-refractivity contribution in [1.29, 1.82) is 5.26 Å². The van der Waals surface area contributed by atoms with E-state index < -0.39 is 0 Å². The summed E-state index contributed by atoms with van der Waals surface area (Å²) in [6.07, 6.45) is 2.46. The average molecular weight is 228 g/mol. The highest BCUT2D eigenvalue weighted by molar-refractivity contribution is 6.01. The lowest BCUT2D eigenvalue weighted by Gasteiger charge is -2.01. The minimum atomic E-state index is -0.310. The molecule has 1 amide bonds. The number of nitrogens with zero attached hydrogens (tertiary/aromatic N) is 1. The van der Waals surface area contributed by atoms with Gasteiger partial charge in [-0.3, -0.25) is 4.79 Å². The standard InChI is InChI=1S/C14H16N2O/c1-3-8-16-14(17)13(10-15)9-12-6-4-11(2)5-7-12/h4-7,9H,3,8H2,1-2H3,(H,16,17)/b13-9-. The third-order valence-corrected chi connectivity index (χ3v) is 2.29. The highest BCUT2D eigenvalue weighted by atomic mass is 16.1. The van der Waals surface area contributed by atoms with Crippen LogP contribution in [-0.2, 0) is 4.79 Å². The van der Waals surface area contributed by atoms with Gasteiger partial charge in [-0.25, -0.2) is 0 Å². The fourth-order valence-electron chi connectivity index (χ4n) is 1.31. The van der Waals surface area contributed by atoms with Crippen LogP contribution in [0, 0.1) is 18.3 Å². The van der Waals surface area contributed by atoms with Gasteiger partial charge in [0.05, 0.1) is 0 Å². The van der Waals surface area contributed by atoms with Crippen molar-refractivity contribution < 1.29 is 4.79 Å². The smallest absolute Gasteiger partial charge is 0.261 e. The molecule has 0 aromatic heterocycles. The summed E-state index contributed by atoms with van der Waals surface area (Å²) in [6.45, 7) is 4.55. The van der Waals surface area contributed by atoms with Crippen LogP contribution in [0.1, 0.15) is 24.5 Å². The Kier molecular flexibility index (Phi) is 4.96. The summed E-state index contributed by atoms with van der Waals surface area (Å²) in [5.74, 6) is -0.310. The third kappa shape index (κ3) is 4.12. The molecule has 0 aliphatic rings. The topological polar surface area (TPSA) is 52.9 Å². The number of amides is 1. The van der Waals surface area contributed by atoms with Crippen LogP contribution in [0.15, 0.2) is 29.8 Å². The number of nitrogens with one attached hydrogen (secondary N) is 1. The van der Waals surface area contributed by atoms with Crippen molar-refractivity contribution in [3.8, 4) is 6.07 Å². The molecular formula is C14H16N2O. The number of hydrogen-bond acceptors (Lipinski definition) is 2. The fraction of sp³-hybridized carbons (Fsp3) is 0.286. The van der Waals surface area contributed by atoms with Crippen molar-refractivity contribution in [2.45, 2.75) is 20.3 Å². The maximum atomic E-state index is 11.6. The Morgan fingerprint density at radius 3 is 2.59 bits per heavy atom. The quantitative estimate of drug-likeness (QED) is 0.635. The number of rotatable bonds is 4. The van der Waals surface area contributed by atoms with Gasteiger partial charge in [0.25, 0.3) is 5.91 Å². The van der Waals surface area contributed by atoms with Gasteiger partial charge in [0.1, 0.15) is 11.6 Å². The van der Waals surface area contributed by atoms with Crippen molar-refractivity contribution >= 4 is 12.0 Å². The molecule has 0 aliphatic carbocycles. The molecule has 1 aromatic carbocycles. The largest absolute Gasteiger partial charge is 0.351 e. The van der Waals surface area contributed by atoms with Crippen LogP contribution >= 0.6 is 0 Å². The molecule has 0 saturated heterocycles. The first-order valence-corrected chi connectivity index (χ1v) is 5.64. The summed E-state index contributed by atoms with van der Waals surface area (Å²) in [4.78, 5) is 11.6. The van der Waals surface area contributed by atoms with Crippen molar-refractivity contribution in [2.24, 2.45) is 0 Å². The maximum absolute atomic E-state index is 11.6. The first kappa shape index (κ1) is 13.0. The van der Waals surface area contributed by atoms with Crippen molar-refractivity contribution in [3.63, 3.8) is 0 Å². The second kappa shape index (κ2) is 6.49. The van der Waals surface area contributed by atoms with Crippen LogP contribution in [0.4, 0.5) is 0 Å². The maximum Gasteiger partial charge on any atom is 0.261 e. The Hall–Kier alpha value is -2.08. The summed E-state index contributed by atoms with van der Waals surface area (Å²) in [6, 6.07) is 9.60. The molecule has 0 bridgehead atoms. The Morgan fingerprint density at radius 2 is 2.06 bits per heavy atom. The molecule has 17 heavy (non-hydrogen) atoms. The number of carbonyl (C=O) groups is 1. The van der Waals surface area contributed by atoms with E-state index in [1.165, 1.54) is 0 Å². The van der Waals surface area contributed by atoms with E-state index in [1.807, 2.05) is 44.2 Å². The number of nitriles is 1. The number of aryl methyl sites for hydroxylation is 1. The number of hydrogen-bond donors (Lipinski definition) is 1. The van der Waals surface area contributed by atoms with Gasteiger partial charge in [-0.05, 0) is 25.0 Å². The molecule has 1 aromatic rings. The summed E-state index contributed by atoms with van der Waals surface area (Å²) in [5, 5.41) is 11.6. The highest BCUT2D eigenvalue weighted by Crippen LogP contribution is 2.08. The van der Waals surface area contributed by atoms with Gasteiger partial charge in [-0.1, -0.05) is 36.8 Å². The normalized spacial score (nSPS) is 10.8. The molecule has 0 saturated carbocycles. The number of benzene rings is 1. The van der Waals surface area contributed by atoms with Gasteiger partial charge < -0.3 is 5.32 Å². The Labute approximate surface area is 102 Å². The fourth-order valence-corrected chi connectivity index (χ4v) is 1.31. The molecule has 88 valence electrons. The van der Waals surface area contributed by atoms with Gasteiger partial charge in [0.15, 0.2) is 0 Å². The van der Waals surface area contributed by atoms with E-state index in [0.29, 0.717) is 6.54 Å². The predicted molar refractivity (Wildman–Crippen MR) is 68.1 cm³/mol. The highest BCUT2D eigenvalue weighted by Gasteiger charge is 2.07. The van der Waals surface area contributed by atoms with E-state index in [1.54, 1.807) is 6.08 Å². The van der Waals surface area contributed by atoms with Gasteiger partial charge in [-0.15, -0.1) is 0 Å². The lowest BCUT2D eigenvalue weighted by atomic mass is 10.1. The van der Waals surface area contributed by atoms with Crippen LogP contribution in [-0.4, -0.2) is 12.5 Å². The van der Waals surface area contributed by atoms with E-state index >= 15 is 0 Å². The zero-order valence-corrected chi connectivity index (χ0v) is 10.2. The van der Waals surface area contributed by atoms with Crippen molar-refractivity contribution in [3.05, 3.63) is 41.0 Å². The second-order valence-corrected chi connectivity index (χ2v) is 3.84. The van der Waals surface area contributed by atoms with Crippen LogP contribution in [0.3, 0.4) is 0 Å². The molecule has 3 heteroatoms. The second-order valence-electron chi connectivity index (χ2n) is 3.84. The lowest BCUT2D eigenvalue weighted by molar-refractivity contribution is -0.117. The van der Waals surface area contributed by atoms with E-state index in [2.05, 4.69) is 5.32 Å². The molecule has 0 spiro atoms. The van der Waals surface area contributed by atoms with Gasteiger partial charge >= 0.3 is 0 Å². The molecule has 0 atom stereocenters. The van der Waals surface area contributed by atoms with Crippen LogP contribution in [0.2, 0.25) is 0 Å². The molecular weight excluding hydrogens is 212 g/mol. The van der Waals surface area contributed by atoms with Gasteiger partial charge in [0, 0.05) is 6.54 Å². The molecule has 0 unspecified atom stereocenters. The van der Waals surface area contributed by atoms with E-state index in [4.69, 9.17) is 5.26 Å². The molecule has 0 aliphatic heterocycles. The van der Waals surface area contributed by atoms with E-state index in [0.717, 1.165) is 17.5 Å². The van der Waals surface area contributed by atoms with Gasteiger partial charge in [0.2, 0.25) is 0 Å². The van der Waals surface area contributed by atoms with Crippen LogP contribution in [0.25, 0.3) is 6.08 Å². The Bertz CT molecular complexity index is 452. The summed E-state index contributed by atoms with van der Waals surface area (Å²) >= 11 is 0. The van der Waals surface area contributed by atoms with Crippen LogP contribution in [0.5, 0.6) is 0 Å². The van der Waals surface area contributed by atoms with Gasteiger partial charge in [-0.2, -0.15) is 5.26 Å². The molecule has 1 rings (SSSR count). The van der Waals surface area contributed by atoms with Crippen LogP contribution < -0.4 is 5.32 Å². The van der Waals surface area contributed by atoms with Crippen molar-refractivity contribution in [2.75, 3.05) is 6.54 Å². The zero-order valence-electron chi connectivity index (χ0n) is 10.2. The van der Waals surface area contributed by atoms with Crippen molar-refractivity contribution in [1.82, 2.24) is 5.32 Å². The summed E-state index contributed by atoms with van der Waals surface area (Å²) < 4.78 is 0. The average Bonchev–Trinajstić information content (AvgIpc) is 2.35. The molecule has 0 fully saturated rings. The third-order valence-electron chi connectivity index (χ3n) is 2.29. The molecule has 3 nitrogen and oxygen atoms in total. The minimum Gasteiger partial charge on any atom is -0.351 e. The Balaban J connectivity index is 2.83. The summed E-state index contributed by atoms with van der Waals surface area (Å²) in [7, 11) is 0. The molecule has 1 N–H and O–H groups in total. The predicted octanol–water partition coefficient (Wildman–Crippen LogP) is 2.43. The molecule has 0 radical (unpaired) electrons. The summed E-state index contributed by atoms with van der Waals surface area (Å²) in [5.41, 5.74) is 2.15. The minimum absolute atomic E-state index is 0.141. The van der Waals surface area contributed by atoms with E-state index in [9.17, 15) is 4.79 Å². The Morgan fingerprint density at radius 1 is 1.41 bits per heavy atom. The number of carbonyl (C=O) groups excluding carboxylic acids is 1. The monoisotopic (exact) mass is 228 g/mol. The first-order valence-electron chi connectivity index (χ1n) is 5.64. The SMILES string of the molecule is CCCNC(=O)/C(C#N)=C\c1ccc(C)cc1. The first-order chi connectivity index (χ1) is 8.17. The van der Waals surface area contributed by atoms with E-state index in [-0.39, 0.29) is 11.5 Å².